The van der Waals surface area contributed by atoms with Crippen molar-refractivity contribution in [2.24, 2.45) is 17.8 Å². The molecule has 0 amide bonds. The lowest BCUT2D eigenvalue weighted by atomic mass is 9.98. The molecule has 0 aromatic rings. The number of aliphatic carboxylic acids is 1. The van der Waals surface area contributed by atoms with Crippen molar-refractivity contribution in [3.8, 4) is 0 Å². The van der Waals surface area contributed by atoms with Gasteiger partial charge in [-0.3, -0.25) is 9.59 Å². The molecule has 0 saturated heterocycles. The molecule has 2 fully saturated rings. The molecule has 0 heterocycles. The van der Waals surface area contributed by atoms with Crippen LogP contribution in [-0.4, -0.2) is 21.7 Å². The van der Waals surface area contributed by atoms with Crippen molar-refractivity contribution in [3.05, 3.63) is 0 Å². The van der Waals surface area contributed by atoms with Crippen LogP contribution in [0, 0.1) is 17.8 Å². The van der Waals surface area contributed by atoms with E-state index in [1.54, 1.807) is 0 Å². The standard InChI is InChI=1S/C8H9BrO3/c9-5-1-4-6(10)2-3(5)7(4)8(11)12/h3-5,7H,1-2H2,(H,11,12)/t3-,4+,5-,7?/m1/s1. The summed E-state index contributed by atoms with van der Waals surface area (Å²) in [4.78, 5) is 22.2. The smallest absolute Gasteiger partial charge is 0.307 e. The van der Waals surface area contributed by atoms with E-state index in [2.05, 4.69) is 15.9 Å². The third kappa shape index (κ3) is 0.937. The van der Waals surface area contributed by atoms with E-state index in [0.717, 1.165) is 0 Å². The molecule has 0 aromatic heterocycles. The van der Waals surface area contributed by atoms with Gasteiger partial charge in [0, 0.05) is 17.2 Å². The van der Waals surface area contributed by atoms with Crippen molar-refractivity contribution in [2.45, 2.75) is 17.7 Å². The molecule has 2 rings (SSSR count). The molecule has 12 heavy (non-hydrogen) atoms. The molecule has 0 spiro atoms. The first-order valence-corrected chi connectivity index (χ1v) is 4.92. The van der Waals surface area contributed by atoms with Crippen LogP contribution in [0.4, 0.5) is 0 Å². The number of rotatable bonds is 1. The van der Waals surface area contributed by atoms with Crippen molar-refractivity contribution >= 4 is 27.7 Å². The Morgan fingerprint density at radius 2 is 2.25 bits per heavy atom. The molecule has 0 aliphatic heterocycles. The Bertz CT molecular complexity index is 251. The minimum Gasteiger partial charge on any atom is -0.481 e. The number of fused-ring (bicyclic) bond motifs is 2. The van der Waals surface area contributed by atoms with Crippen molar-refractivity contribution in [1.82, 2.24) is 0 Å². The lowest BCUT2D eigenvalue weighted by Crippen LogP contribution is -2.20. The molecular formula is C8H9BrO3. The molecule has 2 aliphatic carbocycles. The van der Waals surface area contributed by atoms with Gasteiger partial charge in [0.15, 0.2) is 0 Å². The van der Waals surface area contributed by atoms with Crippen molar-refractivity contribution in [1.29, 1.82) is 0 Å². The monoisotopic (exact) mass is 232 g/mol. The minimum absolute atomic E-state index is 0.0417. The summed E-state index contributed by atoms with van der Waals surface area (Å²) in [5, 5.41) is 8.86. The number of hydrogen-bond acceptors (Lipinski definition) is 2. The fraction of sp³-hybridized carbons (Fsp3) is 0.750. The highest BCUT2D eigenvalue weighted by Gasteiger charge is 2.55. The number of Topliss-reactive ketones (excluding diaryl/α,β-unsaturated/α-hetero) is 1. The number of carboxylic acids is 1. The fourth-order valence-corrected chi connectivity index (χ4v) is 3.33. The van der Waals surface area contributed by atoms with Crippen LogP contribution in [0.25, 0.3) is 0 Å². The first-order chi connectivity index (χ1) is 5.61. The zero-order valence-electron chi connectivity index (χ0n) is 6.37. The predicted molar refractivity (Wildman–Crippen MR) is 45.1 cm³/mol. The molecule has 0 aromatic carbocycles. The van der Waals surface area contributed by atoms with E-state index in [-0.39, 0.29) is 22.4 Å². The second-order valence-corrected chi connectivity index (χ2v) is 4.73. The molecule has 1 N–H and O–H groups in total. The van der Waals surface area contributed by atoms with E-state index >= 15 is 0 Å². The summed E-state index contributed by atoms with van der Waals surface area (Å²) in [6.45, 7) is 0. The molecule has 3 nitrogen and oxygen atoms in total. The highest BCUT2D eigenvalue weighted by Crippen LogP contribution is 2.50. The Hall–Kier alpha value is -0.380. The highest BCUT2D eigenvalue weighted by molar-refractivity contribution is 9.09. The molecule has 0 radical (unpaired) electrons. The van der Waals surface area contributed by atoms with Gasteiger partial charge in [-0.25, -0.2) is 0 Å². The van der Waals surface area contributed by atoms with E-state index in [9.17, 15) is 9.59 Å². The van der Waals surface area contributed by atoms with Gasteiger partial charge in [-0.15, -0.1) is 0 Å². The number of alkyl halides is 1. The van der Waals surface area contributed by atoms with Gasteiger partial charge >= 0.3 is 5.97 Å². The zero-order chi connectivity index (χ0) is 8.88. The summed E-state index contributed by atoms with van der Waals surface area (Å²) >= 11 is 3.42. The summed E-state index contributed by atoms with van der Waals surface area (Å²) in [5.41, 5.74) is 0. The van der Waals surface area contributed by atoms with Crippen LogP contribution < -0.4 is 0 Å². The molecule has 2 aliphatic rings. The van der Waals surface area contributed by atoms with Crippen molar-refractivity contribution < 1.29 is 14.7 Å². The van der Waals surface area contributed by atoms with Crippen molar-refractivity contribution in [3.63, 3.8) is 0 Å². The minimum atomic E-state index is -0.808. The van der Waals surface area contributed by atoms with Gasteiger partial charge in [0.2, 0.25) is 0 Å². The third-order valence-corrected chi connectivity index (χ3v) is 4.03. The van der Waals surface area contributed by atoms with Gasteiger partial charge in [-0.1, -0.05) is 15.9 Å². The summed E-state index contributed by atoms with van der Waals surface area (Å²) < 4.78 is 0. The summed E-state index contributed by atoms with van der Waals surface area (Å²) in [5.74, 6) is -1.25. The largest absolute Gasteiger partial charge is 0.481 e. The van der Waals surface area contributed by atoms with Crippen LogP contribution in [0.1, 0.15) is 12.8 Å². The quantitative estimate of drug-likeness (QED) is 0.689. The Morgan fingerprint density at radius 1 is 1.58 bits per heavy atom. The number of halogens is 1. The number of carbonyl (C=O) groups is 2. The third-order valence-electron chi connectivity index (χ3n) is 2.97. The van der Waals surface area contributed by atoms with E-state index in [1.807, 2.05) is 0 Å². The van der Waals surface area contributed by atoms with Crippen LogP contribution >= 0.6 is 15.9 Å². The molecule has 4 heteroatoms. The Kier molecular flexibility index (Phi) is 1.75. The predicted octanol–water partition coefficient (Wildman–Crippen LogP) is 1.06. The summed E-state index contributed by atoms with van der Waals surface area (Å²) in [6, 6.07) is 0. The van der Waals surface area contributed by atoms with E-state index in [1.165, 1.54) is 0 Å². The number of carbonyl (C=O) groups excluding carboxylic acids is 1. The average Bonchev–Trinajstić information content (AvgIpc) is 2.41. The Morgan fingerprint density at radius 3 is 2.58 bits per heavy atom. The van der Waals surface area contributed by atoms with Crippen LogP contribution in [0.5, 0.6) is 0 Å². The van der Waals surface area contributed by atoms with Gasteiger partial charge in [0.25, 0.3) is 0 Å². The second kappa shape index (κ2) is 2.55. The lowest BCUT2D eigenvalue weighted by Gasteiger charge is -2.13. The van der Waals surface area contributed by atoms with Gasteiger partial charge in [0.1, 0.15) is 5.78 Å². The Balaban J connectivity index is 2.28. The maximum Gasteiger partial charge on any atom is 0.307 e. The zero-order valence-corrected chi connectivity index (χ0v) is 7.95. The molecule has 2 saturated carbocycles. The maximum absolute atomic E-state index is 11.2. The number of hydrogen-bond donors (Lipinski definition) is 1. The first-order valence-electron chi connectivity index (χ1n) is 4.01. The Labute approximate surface area is 78.3 Å². The number of ketones is 1. The van der Waals surface area contributed by atoms with Crippen LogP contribution in [0.15, 0.2) is 0 Å². The maximum atomic E-state index is 11.2. The van der Waals surface area contributed by atoms with Crippen LogP contribution in [0.3, 0.4) is 0 Å². The molecule has 66 valence electrons. The van der Waals surface area contributed by atoms with Gasteiger partial charge in [-0.05, 0) is 12.3 Å². The summed E-state index contributed by atoms with van der Waals surface area (Å²) in [7, 11) is 0. The molecule has 1 unspecified atom stereocenters. The topological polar surface area (TPSA) is 54.4 Å². The molecule has 4 atom stereocenters. The molecule has 2 bridgehead atoms. The summed E-state index contributed by atoms with van der Waals surface area (Å²) in [6.07, 6.45) is 1.16. The van der Waals surface area contributed by atoms with E-state index < -0.39 is 11.9 Å². The van der Waals surface area contributed by atoms with Gasteiger partial charge in [-0.2, -0.15) is 0 Å². The van der Waals surface area contributed by atoms with Crippen molar-refractivity contribution in [2.75, 3.05) is 0 Å². The number of carboxylic acid groups (broad SMARTS) is 1. The van der Waals surface area contributed by atoms with Gasteiger partial charge in [0.05, 0.1) is 5.92 Å². The van der Waals surface area contributed by atoms with Gasteiger partial charge < -0.3 is 5.11 Å². The van der Waals surface area contributed by atoms with Crippen LogP contribution in [-0.2, 0) is 9.59 Å². The first kappa shape index (κ1) is 8.23. The van der Waals surface area contributed by atoms with E-state index in [4.69, 9.17) is 5.11 Å². The SMILES string of the molecule is O=C(O)C1[C@H]2C[C@@H](Br)[C@H]1CC2=O. The normalized spacial score (nSPS) is 45.2. The van der Waals surface area contributed by atoms with Crippen LogP contribution in [0.2, 0.25) is 0 Å². The lowest BCUT2D eigenvalue weighted by molar-refractivity contribution is -0.144. The van der Waals surface area contributed by atoms with E-state index in [0.29, 0.717) is 12.8 Å². The molecular weight excluding hydrogens is 224 g/mol. The average molecular weight is 233 g/mol. The fourth-order valence-electron chi connectivity index (χ4n) is 2.41. The second-order valence-electron chi connectivity index (χ2n) is 3.56. The highest BCUT2D eigenvalue weighted by atomic mass is 79.9.